The number of anilines is 2. The number of ether oxygens (including phenoxy) is 1. The van der Waals surface area contributed by atoms with Crippen molar-refractivity contribution in [2.45, 2.75) is 6.54 Å². The molecule has 0 atom stereocenters. The molecule has 0 N–H and O–H groups in total. The molecule has 4 heterocycles. The van der Waals surface area contributed by atoms with Crippen LogP contribution in [0.25, 0.3) is 21.4 Å². The van der Waals surface area contributed by atoms with Gasteiger partial charge >= 0.3 is 0 Å². The SMILES string of the molecule is COCCn1cnc2c(N3CCN(c4nc5ccc(F)cc5s4)CC3)ncnc21. The maximum atomic E-state index is 13.5. The molecule has 3 aromatic heterocycles. The quantitative estimate of drug-likeness (QED) is 0.498. The van der Waals surface area contributed by atoms with Crippen LogP contribution in [0.1, 0.15) is 0 Å². The number of imidazole rings is 1. The monoisotopic (exact) mass is 413 g/mol. The number of benzene rings is 1. The average molecular weight is 413 g/mol. The molecule has 0 spiro atoms. The fourth-order valence-electron chi connectivity index (χ4n) is 3.58. The number of halogens is 1. The van der Waals surface area contributed by atoms with E-state index in [0.29, 0.717) is 13.2 Å². The van der Waals surface area contributed by atoms with Crippen LogP contribution in [0.15, 0.2) is 30.9 Å². The lowest BCUT2D eigenvalue weighted by molar-refractivity contribution is 0.188. The molecular formula is C19H20FN7OS. The molecule has 0 saturated carbocycles. The van der Waals surface area contributed by atoms with Crippen LogP contribution in [0, 0.1) is 5.82 Å². The number of piperazine rings is 1. The molecular weight excluding hydrogens is 393 g/mol. The van der Waals surface area contributed by atoms with E-state index in [0.717, 1.165) is 58.5 Å². The van der Waals surface area contributed by atoms with Gasteiger partial charge in [0.05, 0.1) is 23.2 Å². The van der Waals surface area contributed by atoms with Gasteiger partial charge in [-0.25, -0.2) is 24.3 Å². The van der Waals surface area contributed by atoms with Crippen LogP contribution in [0.3, 0.4) is 0 Å². The first-order chi connectivity index (χ1) is 14.2. The summed E-state index contributed by atoms with van der Waals surface area (Å²) in [5, 5.41) is 0.932. The van der Waals surface area contributed by atoms with Gasteiger partial charge in [0.25, 0.3) is 0 Å². The zero-order valence-corrected chi connectivity index (χ0v) is 16.8. The summed E-state index contributed by atoms with van der Waals surface area (Å²) in [5.74, 6) is 0.632. The molecule has 4 aromatic rings. The van der Waals surface area contributed by atoms with Crippen LogP contribution in [0.4, 0.5) is 15.3 Å². The summed E-state index contributed by atoms with van der Waals surface area (Å²) in [6, 6.07) is 4.73. The Balaban J connectivity index is 1.34. The maximum absolute atomic E-state index is 13.5. The number of fused-ring (bicyclic) bond motifs is 2. The molecule has 0 amide bonds. The van der Waals surface area contributed by atoms with Gasteiger partial charge in [0.15, 0.2) is 22.1 Å². The van der Waals surface area contributed by atoms with E-state index in [1.807, 2.05) is 4.57 Å². The highest BCUT2D eigenvalue weighted by Gasteiger charge is 2.23. The normalized spacial score (nSPS) is 15.0. The Morgan fingerprint density at radius 3 is 2.76 bits per heavy atom. The molecule has 1 aromatic carbocycles. The Morgan fingerprint density at radius 1 is 1.10 bits per heavy atom. The van der Waals surface area contributed by atoms with Crippen LogP contribution in [-0.4, -0.2) is 64.4 Å². The first-order valence-electron chi connectivity index (χ1n) is 9.43. The molecule has 1 fully saturated rings. The molecule has 8 nitrogen and oxygen atoms in total. The maximum Gasteiger partial charge on any atom is 0.186 e. The van der Waals surface area contributed by atoms with Gasteiger partial charge in [-0.2, -0.15) is 0 Å². The van der Waals surface area contributed by atoms with E-state index in [9.17, 15) is 4.39 Å². The lowest BCUT2D eigenvalue weighted by Crippen LogP contribution is -2.46. The molecule has 0 bridgehead atoms. The minimum atomic E-state index is -0.227. The Bertz CT molecular complexity index is 1150. The van der Waals surface area contributed by atoms with Gasteiger partial charge in [0, 0.05) is 39.8 Å². The second-order valence-electron chi connectivity index (χ2n) is 6.88. The third-order valence-electron chi connectivity index (χ3n) is 5.11. The number of rotatable bonds is 5. The van der Waals surface area contributed by atoms with Crippen LogP contribution < -0.4 is 9.80 Å². The summed E-state index contributed by atoms with van der Waals surface area (Å²) in [5.41, 5.74) is 2.48. The molecule has 5 rings (SSSR count). The van der Waals surface area contributed by atoms with Crippen molar-refractivity contribution in [2.24, 2.45) is 0 Å². The first-order valence-corrected chi connectivity index (χ1v) is 10.3. The second-order valence-corrected chi connectivity index (χ2v) is 7.89. The number of nitrogens with zero attached hydrogens (tertiary/aromatic N) is 7. The minimum absolute atomic E-state index is 0.227. The van der Waals surface area contributed by atoms with Gasteiger partial charge in [-0.3, -0.25) is 0 Å². The molecule has 0 unspecified atom stereocenters. The summed E-state index contributed by atoms with van der Waals surface area (Å²) in [4.78, 5) is 22.6. The van der Waals surface area contributed by atoms with Crippen LogP contribution >= 0.6 is 11.3 Å². The Labute approximate surface area is 170 Å². The highest BCUT2D eigenvalue weighted by atomic mass is 32.1. The van der Waals surface area contributed by atoms with Gasteiger partial charge in [-0.05, 0) is 18.2 Å². The number of thiazole rings is 1. The van der Waals surface area contributed by atoms with Crippen molar-refractivity contribution in [2.75, 3.05) is 49.7 Å². The zero-order chi connectivity index (χ0) is 19.8. The fraction of sp³-hybridized carbons (Fsp3) is 0.368. The zero-order valence-electron chi connectivity index (χ0n) is 16.0. The van der Waals surface area contributed by atoms with E-state index in [4.69, 9.17) is 4.74 Å². The number of hydrogen-bond donors (Lipinski definition) is 0. The molecule has 1 aliphatic rings. The van der Waals surface area contributed by atoms with Crippen molar-refractivity contribution in [3.8, 4) is 0 Å². The third kappa shape index (κ3) is 3.38. The van der Waals surface area contributed by atoms with E-state index in [1.54, 1.807) is 31.9 Å². The van der Waals surface area contributed by atoms with Gasteiger partial charge in [0.2, 0.25) is 0 Å². The van der Waals surface area contributed by atoms with Crippen LogP contribution in [-0.2, 0) is 11.3 Å². The van der Waals surface area contributed by atoms with E-state index in [2.05, 4.69) is 29.7 Å². The van der Waals surface area contributed by atoms with Crippen LogP contribution in [0.2, 0.25) is 0 Å². The molecule has 0 aliphatic carbocycles. The van der Waals surface area contributed by atoms with Crippen molar-refractivity contribution in [3.63, 3.8) is 0 Å². The van der Waals surface area contributed by atoms with E-state index >= 15 is 0 Å². The van der Waals surface area contributed by atoms with Gasteiger partial charge in [0.1, 0.15) is 12.1 Å². The lowest BCUT2D eigenvalue weighted by atomic mass is 10.3. The predicted molar refractivity (Wildman–Crippen MR) is 111 cm³/mol. The van der Waals surface area contributed by atoms with Crippen molar-refractivity contribution in [3.05, 3.63) is 36.7 Å². The minimum Gasteiger partial charge on any atom is -0.383 e. The second kappa shape index (κ2) is 7.53. The Morgan fingerprint density at radius 2 is 1.93 bits per heavy atom. The topological polar surface area (TPSA) is 72.2 Å². The smallest absolute Gasteiger partial charge is 0.186 e. The fourth-order valence-corrected chi connectivity index (χ4v) is 4.63. The summed E-state index contributed by atoms with van der Waals surface area (Å²) in [7, 11) is 1.68. The third-order valence-corrected chi connectivity index (χ3v) is 6.19. The number of methoxy groups -OCH3 is 1. The van der Waals surface area contributed by atoms with Gasteiger partial charge < -0.3 is 19.1 Å². The molecule has 1 saturated heterocycles. The van der Waals surface area contributed by atoms with Crippen molar-refractivity contribution < 1.29 is 9.13 Å². The number of aromatic nitrogens is 5. The largest absolute Gasteiger partial charge is 0.383 e. The highest BCUT2D eigenvalue weighted by Crippen LogP contribution is 2.31. The van der Waals surface area contributed by atoms with Crippen LogP contribution in [0.5, 0.6) is 0 Å². The van der Waals surface area contributed by atoms with E-state index in [1.165, 1.54) is 17.4 Å². The average Bonchev–Trinajstić information content (AvgIpc) is 3.36. The molecule has 29 heavy (non-hydrogen) atoms. The lowest BCUT2D eigenvalue weighted by Gasteiger charge is -2.35. The summed E-state index contributed by atoms with van der Waals surface area (Å²) < 4.78 is 21.5. The van der Waals surface area contributed by atoms with Crippen molar-refractivity contribution >= 4 is 43.7 Å². The summed E-state index contributed by atoms with van der Waals surface area (Å²) in [6.45, 7) is 4.56. The Kier molecular flexibility index (Phi) is 4.72. The number of hydrogen-bond acceptors (Lipinski definition) is 8. The van der Waals surface area contributed by atoms with Gasteiger partial charge in [-0.1, -0.05) is 11.3 Å². The molecule has 150 valence electrons. The first kappa shape index (κ1) is 18.2. The molecule has 1 aliphatic heterocycles. The van der Waals surface area contributed by atoms with E-state index < -0.39 is 0 Å². The molecule has 10 heteroatoms. The van der Waals surface area contributed by atoms with E-state index in [-0.39, 0.29) is 5.82 Å². The highest BCUT2D eigenvalue weighted by molar-refractivity contribution is 7.22. The standard InChI is InChI=1S/C19H20FN7OS/c1-28-9-8-27-12-23-16-17(21-11-22-18(16)27)25-4-6-26(7-5-25)19-24-14-3-2-13(20)10-15(14)29-19/h2-3,10-12H,4-9H2,1H3. The summed E-state index contributed by atoms with van der Waals surface area (Å²) >= 11 is 1.53. The van der Waals surface area contributed by atoms with Crippen molar-refractivity contribution in [1.82, 2.24) is 24.5 Å². The van der Waals surface area contributed by atoms with Gasteiger partial charge in [-0.15, -0.1) is 0 Å². The molecule has 0 radical (unpaired) electrons. The summed E-state index contributed by atoms with van der Waals surface area (Å²) in [6.07, 6.45) is 3.38. The predicted octanol–water partition coefficient (Wildman–Crippen LogP) is 2.55. The Hall–Kier alpha value is -2.85. The van der Waals surface area contributed by atoms with Crippen molar-refractivity contribution in [1.29, 1.82) is 0 Å².